The zero-order valence-corrected chi connectivity index (χ0v) is 41.9. The van der Waals surface area contributed by atoms with Crippen LogP contribution in [0.1, 0.15) is 51.7 Å². The molecule has 71 heavy (non-hydrogen) atoms. The molecule has 2 nitrogen and oxygen atoms in total. The quantitative estimate of drug-likeness (QED) is 0.106. The summed E-state index contributed by atoms with van der Waals surface area (Å²) in [6.45, 7) is 9.78. The molecule has 0 saturated heterocycles. The van der Waals surface area contributed by atoms with Crippen LogP contribution in [-0.4, -0.2) is 17.2 Å². The molecule has 0 N–H and O–H groups in total. The van der Waals surface area contributed by atoms with Crippen LogP contribution >= 0.6 is 0 Å². The molecule has 342 valence electrons. The van der Waals surface area contributed by atoms with E-state index in [1.54, 1.807) is 0 Å². The van der Waals surface area contributed by atoms with Crippen molar-refractivity contribution in [2.45, 2.75) is 51.4 Å². The first-order chi connectivity index (χ1) is 34.7. The van der Waals surface area contributed by atoms with Crippen molar-refractivity contribution < 1.29 is 0 Å². The van der Waals surface area contributed by atoms with E-state index in [4.69, 9.17) is 0 Å². The molecule has 1 aliphatic carbocycles. The van der Waals surface area contributed by atoms with Gasteiger partial charge in [0.2, 0.25) is 0 Å². The average Bonchev–Trinajstić information content (AvgIpc) is 3.94. The number of aromatic nitrogens is 2. The first-order valence-electron chi connectivity index (χ1n) is 25.3. The average molecular weight is 929 g/mol. The summed E-state index contributed by atoms with van der Waals surface area (Å²) in [6.07, 6.45) is 2.38. The number of para-hydroxylation sites is 3. The second-order valence-corrected chi connectivity index (χ2v) is 24.9. The summed E-state index contributed by atoms with van der Waals surface area (Å²) in [5.74, 6) is 0. The van der Waals surface area contributed by atoms with E-state index in [1.807, 2.05) is 0 Å². The minimum absolute atomic E-state index is 0.0888. The van der Waals surface area contributed by atoms with E-state index >= 15 is 0 Å². The Morgan fingerprint density at radius 2 is 0.831 bits per heavy atom. The standard InChI is InChI=1S/C68H56N2Si/c1-67(2)42-43-68(3,4)62-46-55(39-40-61(62)67)71(52-24-10-6-11-25-52,53-26-12-7-13-27-53)54-37-34-48(35-38-54)56-30-19-31-59-57-28-14-17-33-64(57)70(66(56)59)51-36-41-65-60(45-51)58-29-15-16-32-63(58)69(65)50-23-18-22-49(44-50)47-20-8-5-9-21-47/h5-41,44-46H,42-43H2,1-4H3. The molecule has 10 aromatic carbocycles. The van der Waals surface area contributed by atoms with Gasteiger partial charge in [-0.2, -0.15) is 0 Å². The highest BCUT2D eigenvalue weighted by Gasteiger charge is 2.44. The van der Waals surface area contributed by atoms with E-state index in [-0.39, 0.29) is 10.8 Å². The Morgan fingerprint density at radius 3 is 1.52 bits per heavy atom. The number of hydrogen-bond acceptors (Lipinski definition) is 0. The molecule has 0 atom stereocenters. The largest absolute Gasteiger partial charge is 0.309 e. The van der Waals surface area contributed by atoms with E-state index in [0.29, 0.717) is 0 Å². The zero-order chi connectivity index (χ0) is 47.9. The maximum Gasteiger partial charge on any atom is 0.179 e. The highest BCUT2D eigenvalue weighted by atomic mass is 28.3. The maximum absolute atomic E-state index is 2.83. The number of nitrogens with zero attached hydrogens (tertiary/aromatic N) is 2. The Kier molecular flexibility index (Phi) is 10.1. The normalized spacial score (nSPS) is 14.3. The van der Waals surface area contributed by atoms with Gasteiger partial charge in [0.05, 0.1) is 22.1 Å². The fourth-order valence-electron chi connectivity index (χ4n) is 12.5. The second-order valence-electron chi connectivity index (χ2n) is 21.1. The highest BCUT2D eigenvalue weighted by molar-refractivity contribution is 7.19. The molecule has 13 rings (SSSR count). The third-order valence-electron chi connectivity index (χ3n) is 16.1. The summed E-state index contributed by atoms with van der Waals surface area (Å²) < 4.78 is 4.94. The van der Waals surface area contributed by atoms with Gasteiger partial charge in [-0.3, -0.25) is 0 Å². The van der Waals surface area contributed by atoms with Crippen LogP contribution in [0.3, 0.4) is 0 Å². The van der Waals surface area contributed by atoms with E-state index < -0.39 is 8.07 Å². The number of rotatable bonds is 8. The molecule has 0 amide bonds. The van der Waals surface area contributed by atoms with Gasteiger partial charge in [0.25, 0.3) is 0 Å². The smallest absolute Gasteiger partial charge is 0.179 e. The van der Waals surface area contributed by atoms with Crippen LogP contribution in [0.2, 0.25) is 0 Å². The van der Waals surface area contributed by atoms with Gasteiger partial charge in [0.15, 0.2) is 8.07 Å². The second kappa shape index (κ2) is 16.6. The van der Waals surface area contributed by atoms with Gasteiger partial charge in [0, 0.05) is 38.5 Å². The van der Waals surface area contributed by atoms with E-state index in [0.717, 1.165) is 11.4 Å². The van der Waals surface area contributed by atoms with E-state index in [9.17, 15) is 0 Å². The first kappa shape index (κ1) is 43.1. The third kappa shape index (κ3) is 6.82. The molecule has 2 aromatic heterocycles. The molecule has 0 aliphatic heterocycles. The molecule has 0 fully saturated rings. The first-order valence-corrected chi connectivity index (χ1v) is 27.3. The summed E-state index contributed by atoms with van der Waals surface area (Å²) in [7, 11) is -2.83. The van der Waals surface area contributed by atoms with Crippen LogP contribution in [0.4, 0.5) is 0 Å². The summed E-state index contributed by atoms with van der Waals surface area (Å²) in [4.78, 5) is 0. The lowest BCUT2D eigenvalue weighted by molar-refractivity contribution is 0.332. The Bertz CT molecular complexity index is 3930. The molecular weight excluding hydrogens is 873 g/mol. The Labute approximate surface area is 418 Å². The number of benzene rings is 10. The fraction of sp³-hybridized carbons (Fsp3) is 0.118. The fourth-order valence-corrected chi connectivity index (χ4v) is 17.2. The van der Waals surface area contributed by atoms with Crippen molar-refractivity contribution in [1.82, 2.24) is 9.13 Å². The van der Waals surface area contributed by atoms with Gasteiger partial charge in [-0.1, -0.05) is 228 Å². The number of hydrogen-bond donors (Lipinski definition) is 0. The van der Waals surface area contributed by atoms with Crippen molar-refractivity contribution >= 4 is 72.4 Å². The van der Waals surface area contributed by atoms with Crippen molar-refractivity contribution in [1.29, 1.82) is 0 Å². The van der Waals surface area contributed by atoms with Crippen molar-refractivity contribution in [3.8, 4) is 33.6 Å². The van der Waals surface area contributed by atoms with Crippen molar-refractivity contribution in [2.24, 2.45) is 0 Å². The third-order valence-corrected chi connectivity index (χ3v) is 20.9. The highest BCUT2D eigenvalue weighted by Crippen LogP contribution is 2.46. The van der Waals surface area contributed by atoms with Crippen LogP contribution < -0.4 is 20.7 Å². The predicted octanol–water partition coefficient (Wildman–Crippen LogP) is 14.9. The summed E-state index contributed by atoms with van der Waals surface area (Å²) in [5.41, 5.74) is 15.2. The summed E-state index contributed by atoms with van der Waals surface area (Å²) in [5, 5.41) is 10.6. The Hall–Kier alpha value is -7.98. The molecule has 3 heteroatoms. The van der Waals surface area contributed by atoms with Gasteiger partial charge in [-0.05, 0) is 115 Å². The van der Waals surface area contributed by atoms with Gasteiger partial charge in [-0.25, -0.2) is 0 Å². The van der Waals surface area contributed by atoms with Gasteiger partial charge >= 0.3 is 0 Å². The Morgan fingerprint density at radius 1 is 0.324 bits per heavy atom. The van der Waals surface area contributed by atoms with Crippen LogP contribution in [0.25, 0.3) is 77.2 Å². The molecule has 2 heterocycles. The zero-order valence-electron chi connectivity index (χ0n) is 40.9. The number of fused-ring (bicyclic) bond motifs is 7. The molecule has 0 unspecified atom stereocenters. The molecule has 0 radical (unpaired) electrons. The van der Waals surface area contributed by atoms with Crippen molar-refractivity contribution in [2.75, 3.05) is 0 Å². The van der Waals surface area contributed by atoms with E-state index in [1.165, 1.54) is 111 Å². The van der Waals surface area contributed by atoms with Gasteiger partial charge in [-0.15, -0.1) is 0 Å². The lowest BCUT2D eigenvalue weighted by Crippen LogP contribution is -2.74. The molecule has 12 aromatic rings. The molecule has 0 spiro atoms. The van der Waals surface area contributed by atoms with E-state index in [2.05, 4.69) is 279 Å². The van der Waals surface area contributed by atoms with Gasteiger partial charge < -0.3 is 9.13 Å². The van der Waals surface area contributed by atoms with Crippen molar-refractivity contribution in [3.63, 3.8) is 0 Å². The van der Waals surface area contributed by atoms with Crippen LogP contribution in [0.15, 0.2) is 243 Å². The lowest BCUT2D eigenvalue weighted by Gasteiger charge is -2.43. The molecule has 0 bridgehead atoms. The Balaban J connectivity index is 0.998. The summed E-state index contributed by atoms with van der Waals surface area (Å²) in [6, 6.07) is 91.5. The topological polar surface area (TPSA) is 9.86 Å². The minimum atomic E-state index is -2.83. The SMILES string of the molecule is CC1(C)CCC(C)(C)c2cc([Si](c3ccccc3)(c3ccccc3)c3ccc(-c4cccc5c6ccccc6n(-c6ccc7c(c6)c6ccccc6n7-c6cccc(-c7ccccc7)c6)c45)cc3)ccc21. The predicted molar refractivity (Wildman–Crippen MR) is 305 cm³/mol. The van der Waals surface area contributed by atoms with Gasteiger partial charge in [0.1, 0.15) is 0 Å². The monoisotopic (exact) mass is 928 g/mol. The molecule has 1 aliphatic rings. The maximum atomic E-state index is 2.63. The molecular formula is C68H56N2Si. The minimum Gasteiger partial charge on any atom is -0.309 e. The lowest BCUT2D eigenvalue weighted by atomic mass is 9.63. The van der Waals surface area contributed by atoms with Crippen LogP contribution in [0, 0.1) is 0 Å². The molecule has 0 saturated carbocycles. The van der Waals surface area contributed by atoms with Crippen LogP contribution in [0.5, 0.6) is 0 Å². The summed E-state index contributed by atoms with van der Waals surface area (Å²) >= 11 is 0. The van der Waals surface area contributed by atoms with Crippen LogP contribution in [-0.2, 0) is 10.8 Å². The van der Waals surface area contributed by atoms with Crippen molar-refractivity contribution in [3.05, 3.63) is 254 Å².